The zero-order valence-electron chi connectivity index (χ0n) is 9.91. The van der Waals surface area contributed by atoms with Gasteiger partial charge in [0.1, 0.15) is 0 Å². The monoisotopic (exact) mass is 282 g/mol. The molecule has 2 unspecified atom stereocenters. The van der Waals surface area contributed by atoms with Crippen LogP contribution < -0.4 is 5.73 Å². The fourth-order valence-corrected chi connectivity index (χ4v) is 2.86. The third kappa shape index (κ3) is 2.65. The van der Waals surface area contributed by atoms with Crippen LogP contribution in [-0.4, -0.2) is 24.0 Å². The first-order chi connectivity index (χ1) is 7.56. The van der Waals surface area contributed by atoms with Crippen molar-refractivity contribution in [2.45, 2.75) is 26.4 Å². The Morgan fingerprint density at radius 3 is 2.75 bits per heavy atom. The Kier molecular flexibility index (Phi) is 3.67. The molecule has 1 heterocycles. The Bertz CT molecular complexity index is 368. The van der Waals surface area contributed by atoms with Gasteiger partial charge in [-0.05, 0) is 30.0 Å². The molecule has 16 heavy (non-hydrogen) atoms. The summed E-state index contributed by atoms with van der Waals surface area (Å²) >= 11 is 3.63. The maximum absolute atomic E-state index is 6.03. The minimum Gasteiger partial charge on any atom is -0.326 e. The Hall–Kier alpha value is -0.380. The van der Waals surface area contributed by atoms with E-state index in [1.54, 1.807) is 0 Å². The maximum Gasteiger partial charge on any atom is 0.0245 e. The largest absolute Gasteiger partial charge is 0.326 e. The summed E-state index contributed by atoms with van der Waals surface area (Å²) in [7, 11) is 0. The van der Waals surface area contributed by atoms with Gasteiger partial charge in [-0.15, -0.1) is 0 Å². The Morgan fingerprint density at radius 2 is 2.19 bits per heavy atom. The third-order valence-electron chi connectivity index (χ3n) is 3.35. The molecular formula is C13H19BrN2. The molecule has 1 fully saturated rings. The van der Waals surface area contributed by atoms with Crippen LogP contribution in [0.3, 0.4) is 0 Å². The average Bonchev–Trinajstić information content (AvgIpc) is 2.51. The van der Waals surface area contributed by atoms with Crippen LogP contribution in [-0.2, 0) is 6.54 Å². The quantitative estimate of drug-likeness (QED) is 0.903. The molecule has 2 atom stereocenters. The fourth-order valence-electron chi connectivity index (χ4n) is 2.25. The van der Waals surface area contributed by atoms with Crippen LogP contribution in [0.15, 0.2) is 22.7 Å². The third-order valence-corrected chi connectivity index (χ3v) is 4.09. The number of rotatable bonds is 2. The lowest BCUT2D eigenvalue weighted by atomic mass is 10.1. The molecule has 88 valence electrons. The van der Waals surface area contributed by atoms with Crippen molar-refractivity contribution < 1.29 is 0 Å². The van der Waals surface area contributed by atoms with Gasteiger partial charge in [-0.1, -0.05) is 35.0 Å². The highest BCUT2D eigenvalue weighted by atomic mass is 79.9. The van der Waals surface area contributed by atoms with Gasteiger partial charge in [0.25, 0.3) is 0 Å². The number of hydrogen-bond donors (Lipinski definition) is 1. The molecule has 1 aliphatic rings. The molecule has 1 saturated heterocycles. The lowest BCUT2D eigenvalue weighted by Gasteiger charge is -2.16. The molecule has 0 radical (unpaired) electrons. The summed E-state index contributed by atoms with van der Waals surface area (Å²) < 4.78 is 1.21. The molecule has 1 aromatic rings. The number of nitrogens with zero attached hydrogens (tertiary/aromatic N) is 1. The number of hydrogen-bond acceptors (Lipinski definition) is 2. The minimum absolute atomic E-state index is 0.337. The van der Waals surface area contributed by atoms with Gasteiger partial charge in [-0.25, -0.2) is 0 Å². The van der Waals surface area contributed by atoms with Crippen LogP contribution in [0.1, 0.15) is 18.1 Å². The van der Waals surface area contributed by atoms with E-state index in [-0.39, 0.29) is 0 Å². The molecule has 0 aliphatic carbocycles. The van der Waals surface area contributed by atoms with E-state index in [1.165, 1.54) is 15.6 Å². The van der Waals surface area contributed by atoms with Crippen LogP contribution in [0.2, 0.25) is 0 Å². The first-order valence-corrected chi connectivity index (χ1v) is 6.58. The first-order valence-electron chi connectivity index (χ1n) is 5.79. The van der Waals surface area contributed by atoms with Gasteiger partial charge in [0.2, 0.25) is 0 Å². The summed E-state index contributed by atoms with van der Waals surface area (Å²) in [5.41, 5.74) is 8.68. The lowest BCUT2D eigenvalue weighted by molar-refractivity contribution is 0.318. The molecule has 0 aromatic heterocycles. The molecule has 0 saturated carbocycles. The smallest absolute Gasteiger partial charge is 0.0245 e. The Morgan fingerprint density at radius 1 is 1.44 bits per heavy atom. The lowest BCUT2D eigenvalue weighted by Crippen LogP contribution is -2.28. The van der Waals surface area contributed by atoms with E-state index < -0.39 is 0 Å². The summed E-state index contributed by atoms with van der Waals surface area (Å²) in [5, 5.41) is 0. The first kappa shape index (κ1) is 12.1. The van der Waals surface area contributed by atoms with Gasteiger partial charge in [-0.2, -0.15) is 0 Å². The van der Waals surface area contributed by atoms with E-state index in [0.29, 0.717) is 12.0 Å². The highest BCUT2D eigenvalue weighted by Crippen LogP contribution is 2.23. The SMILES string of the molecule is Cc1ccc(CN2CC(C)C(N)C2)c(Br)c1. The second kappa shape index (κ2) is 4.86. The number of benzene rings is 1. The summed E-state index contributed by atoms with van der Waals surface area (Å²) in [6, 6.07) is 6.88. The summed E-state index contributed by atoms with van der Waals surface area (Å²) in [5.74, 6) is 0.615. The van der Waals surface area contributed by atoms with Gasteiger partial charge in [0.05, 0.1) is 0 Å². The highest BCUT2D eigenvalue weighted by molar-refractivity contribution is 9.10. The zero-order chi connectivity index (χ0) is 11.7. The topological polar surface area (TPSA) is 29.3 Å². The van der Waals surface area contributed by atoms with Crippen molar-refractivity contribution >= 4 is 15.9 Å². The second-order valence-electron chi connectivity index (χ2n) is 4.93. The predicted molar refractivity (Wildman–Crippen MR) is 71.3 cm³/mol. The molecule has 0 bridgehead atoms. The van der Waals surface area contributed by atoms with Crippen LogP contribution in [0.4, 0.5) is 0 Å². The van der Waals surface area contributed by atoms with E-state index in [9.17, 15) is 0 Å². The van der Waals surface area contributed by atoms with Crippen molar-refractivity contribution in [3.05, 3.63) is 33.8 Å². The molecule has 2 rings (SSSR count). The standard InChI is InChI=1S/C13H19BrN2/c1-9-3-4-11(12(14)5-9)7-16-6-10(2)13(15)8-16/h3-5,10,13H,6-8,15H2,1-2H3. The van der Waals surface area contributed by atoms with Crippen molar-refractivity contribution in [2.75, 3.05) is 13.1 Å². The van der Waals surface area contributed by atoms with Crippen molar-refractivity contribution in [1.29, 1.82) is 0 Å². The van der Waals surface area contributed by atoms with Crippen LogP contribution >= 0.6 is 15.9 Å². The molecule has 1 aromatic carbocycles. The maximum atomic E-state index is 6.03. The van der Waals surface area contributed by atoms with E-state index >= 15 is 0 Å². The predicted octanol–water partition coefficient (Wildman–Crippen LogP) is 2.54. The molecule has 2 nitrogen and oxygen atoms in total. The summed E-state index contributed by atoms with van der Waals surface area (Å²) in [6.07, 6.45) is 0. The number of nitrogens with two attached hydrogens (primary N) is 1. The fraction of sp³-hybridized carbons (Fsp3) is 0.538. The second-order valence-corrected chi connectivity index (χ2v) is 5.78. The van der Waals surface area contributed by atoms with Gasteiger partial charge in [-0.3, -0.25) is 4.90 Å². The molecule has 2 N–H and O–H groups in total. The normalized spacial score (nSPS) is 26.2. The van der Waals surface area contributed by atoms with E-state index in [1.807, 2.05) is 0 Å². The molecule has 1 aliphatic heterocycles. The van der Waals surface area contributed by atoms with Crippen molar-refractivity contribution in [3.63, 3.8) is 0 Å². The van der Waals surface area contributed by atoms with E-state index in [2.05, 4.69) is 52.9 Å². The van der Waals surface area contributed by atoms with Gasteiger partial charge in [0, 0.05) is 30.1 Å². The van der Waals surface area contributed by atoms with Gasteiger partial charge in [0.15, 0.2) is 0 Å². The van der Waals surface area contributed by atoms with Crippen LogP contribution in [0, 0.1) is 12.8 Å². The van der Waals surface area contributed by atoms with Gasteiger partial charge < -0.3 is 5.73 Å². The van der Waals surface area contributed by atoms with Crippen molar-refractivity contribution in [3.8, 4) is 0 Å². The van der Waals surface area contributed by atoms with Crippen molar-refractivity contribution in [2.24, 2.45) is 11.7 Å². The van der Waals surface area contributed by atoms with E-state index in [4.69, 9.17) is 5.73 Å². The highest BCUT2D eigenvalue weighted by Gasteiger charge is 2.26. The zero-order valence-corrected chi connectivity index (χ0v) is 11.5. The molecule has 3 heteroatoms. The van der Waals surface area contributed by atoms with E-state index in [0.717, 1.165) is 19.6 Å². The van der Waals surface area contributed by atoms with Crippen LogP contribution in [0.5, 0.6) is 0 Å². The minimum atomic E-state index is 0.337. The summed E-state index contributed by atoms with van der Waals surface area (Å²) in [6.45, 7) is 7.47. The number of likely N-dealkylation sites (tertiary alicyclic amines) is 1. The molecular weight excluding hydrogens is 264 g/mol. The molecule has 0 spiro atoms. The number of aryl methyl sites for hydroxylation is 1. The Labute approximate surface area is 106 Å². The van der Waals surface area contributed by atoms with Crippen LogP contribution in [0.25, 0.3) is 0 Å². The van der Waals surface area contributed by atoms with Gasteiger partial charge >= 0.3 is 0 Å². The average molecular weight is 283 g/mol. The van der Waals surface area contributed by atoms with Crippen molar-refractivity contribution in [1.82, 2.24) is 4.90 Å². The summed E-state index contributed by atoms with van der Waals surface area (Å²) in [4.78, 5) is 2.44. The molecule has 0 amide bonds. The number of halogens is 1. The Balaban J connectivity index is 2.05.